The molecular formula is C10H16N2O2. The van der Waals surface area contributed by atoms with Gasteiger partial charge in [-0.05, 0) is 27.7 Å². The monoisotopic (exact) mass is 196 g/mol. The van der Waals surface area contributed by atoms with Crippen LogP contribution in [0.2, 0.25) is 0 Å². The minimum absolute atomic E-state index is 0.0441. The first kappa shape index (κ1) is 10.8. The summed E-state index contributed by atoms with van der Waals surface area (Å²) in [4.78, 5) is 15.4. The van der Waals surface area contributed by atoms with Crippen LogP contribution in [0.25, 0.3) is 0 Å². The van der Waals surface area contributed by atoms with Crippen LogP contribution in [0.15, 0.2) is 10.8 Å². The SMILES string of the molecule is Cc1ncoc1CC(=O)NC(C)(C)C. The summed E-state index contributed by atoms with van der Waals surface area (Å²) in [6, 6.07) is 0. The zero-order chi connectivity index (χ0) is 10.8. The Hall–Kier alpha value is -1.32. The first-order valence-electron chi connectivity index (χ1n) is 4.58. The molecule has 0 aliphatic carbocycles. The summed E-state index contributed by atoms with van der Waals surface area (Å²) in [7, 11) is 0. The molecule has 0 bridgehead atoms. The van der Waals surface area contributed by atoms with Crippen LogP contribution in [0.3, 0.4) is 0 Å². The van der Waals surface area contributed by atoms with E-state index in [1.807, 2.05) is 27.7 Å². The second kappa shape index (κ2) is 3.82. The molecule has 0 unspecified atom stereocenters. The van der Waals surface area contributed by atoms with Gasteiger partial charge in [0.25, 0.3) is 0 Å². The summed E-state index contributed by atoms with van der Waals surface area (Å²) in [6.45, 7) is 7.65. The van der Waals surface area contributed by atoms with Crippen LogP contribution in [-0.4, -0.2) is 16.4 Å². The molecule has 0 aliphatic heterocycles. The number of rotatable bonds is 2. The topological polar surface area (TPSA) is 55.1 Å². The van der Waals surface area contributed by atoms with Crippen LogP contribution in [0.5, 0.6) is 0 Å². The minimum Gasteiger partial charge on any atom is -0.448 e. The normalized spacial score (nSPS) is 11.4. The zero-order valence-corrected chi connectivity index (χ0v) is 9.05. The van der Waals surface area contributed by atoms with Gasteiger partial charge >= 0.3 is 0 Å². The summed E-state index contributed by atoms with van der Waals surface area (Å²) in [5.74, 6) is 0.587. The summed E-state index contributed by atoms with van der Waals surface area (Å²) in [5, 5.41) is 2.86. The van der Waals surface area contributed by atoms with Gasteiger partial charge in [-0.15, -0.1) is 0 Å². The van der Waals surface area contributed by atoms with E-state index in [1.54, 1.807) is 0 Å². The Morgan fingerprint density at radius 2 is 2.21 bits per heavy atom. The van der Waals surface area contributed by atoms with Crippen molar-refractivity contribution in [3.63, 3.8) is 0 Å². The molecule has 4 nitrogen and oxygen atoms in total. The average Bonchev–Trinajstić information content (AvgIpc) is 2.32. The lowest BCUT2D eigenvalue weighted by Gasteiger charge is -2.20. The number of nitrogens with zero attached hydrogens (tertiary/aromatic N) is 1. The maximum atomic E-state index is 11.5. The second-order valence-corrected chi connectivity index (χ2v) is 4.34. The number of carbonyl (C=O) groups is 1. The van der Waals surface area contributed by atoms with Gasteiger partial charge in [-0.3, -0.25) is 4.79 Å². The van der Waals surface area contributed by atoms with Crippen molar-refractivity contribution >= 4 is 5.91 Å². The van der Waals surface area contributed by atoms with Crippen molar-refractivity contribution in [2.75, 3.05) is 0 Å². The lowest BCUT2D eigenvalue weighted by atomic mass is 10.1. The molecule has 1 aromatic heterocycles. The van der Waals surface area contributed by atoms with Crippen molar-refractivity contribution < 1.29 is 9.21 Å². The summed E-state index contributed by atoms with van der Waals surface area (Å²) in [5.41, 5.74) is 0.569. The molecule has 0 aromatic carbocycles. The lowest BCUT2D eigenvalue weighted by Crippen LogP contribution is -2.41. The van der Waals surface area contributed by atoms with Crippen molar-refractivity contribution in [2.24, 2.45) is 0 Å². The molecular weight excluding hydrogens is 180 g/mol. The number of aromatic nitrogens is 1. The van der Waals surface area contributed by atoms with Gasteiger partial charge in [0, 0.05) is 5.54 Å². The van der Waals surface area contributed by atoms with Crippen molar-refractivity contribution in [1.82, 2.24) is 10.3 Å². The van der Waals surface area contributed by atoms with E-state index in [4.69, 9.17) is 4.42 Å². The number of hydrogen-bond donors (Lipinski definition) is 1. The minimum atomic E-state index is -0.203. The maximum absolute atomic E-state index is 11.5. The Morgan fingerprint density at radius 1 is 1.57 bits per heavy atom. The highest BCUT2D eigenvalue weighted by Gasteiger charge is 2.16. The third-order valence-corrected chi connectivity index (χ3v) is 1.68. The van der Waals surface area contributed by atoms with Crippen LogP contribution >= 0.6 is 0 Å². The van der Waals surface area contributed by atoms with E-state index in [9.17, 15) is 4.79 Å². The van der Waals surface area contributed by atoms with Gasteiger partial charge in [-0.1, -0.05) is 0 Å². The third-order valence-electron chi connectivity index (χ3n) is 1.68. The van der Waals surface area contributed by atoms with E-state index < -0.39 is 0 Å². The fourth-order valence-electron chi connectivity index (χ4n) is 1.10. The molecule has 0 aliphatic rings. The first-order valence-corrected chi connectivity index (χ1v) is 4.58. The number of hydrogen-bond acceptors (Lipinski definition) is 3. The van der Waals surface area contributed by atoms with E-state index in [2.05, 4.69) is 10.3 Å². The number of oxazole rings is 1. The molecule has 0 fully saturated rings. The molecule has 4 heteroatoms. The molecule has 0 spiro atoms. The van der Waals surface area contributed by atoms with E-state index in [0.29, 0.717) is 5.76 Å². The van der Waals surface area contributed by atoms with Crippen LogP contribution < -0.4 is 5.32 Å². The Kier molecular flexibility index (Phi) is 2.93. The fourth-order valence-corrected chi connectivity index (χ4v) is 1.10. The molecule has 0 saturated heterocycles. The standard InChI is InChI=1S/C10H16N2O2/c1-7-8(14-6-11-7)5-9(13)12-10(2,3)4/h6H,5H2,1-4H3,(H,12,13). The van der Waals surface area contributed by atoms with Gasteiger partial charge in [-0.25, -0.2) is 4.98 Å². The van der Waals surface area contributed by atoms with E-state index in [0.717, 1.165) is 5.69 Å². The molecule has 0 radical (unpaired) electrons. The van der Waals surface area contributed by atoms with E-state index in [-0.39, 0.29) is 17.9 Å². The lowest BCUT2D eigenvalue weighted by molar-refractivity contribution is -0.122. The van der Waals surface area contributed by atoms with Gasteiger partial charge in [0.05, 0.1) is 12.1 Å². The van der Waals surface area contributed by atoms with Crippen molar-refractivity contribution in [3.05, 3.63) is 17.8 Å². The van der Waals surface area contributed by atoms with E-state index in [1.165, 1.54) is 6.39 Å². The van der Waals surface area contributed by atoms with Crippen LogP contribution in [0.4, 0.5) is 0 Å². The molecule has 1 amide bonds. The van der Waals surface area contributed by atoms with Gasteiger partial charge in [0.2, 0.25) is 5.91 Å². The van der Waals surface area contributed by atoms with Crippen molar-refractivity contribution in [2.45, 2.75) is 39.7 Å². The molecule has 1 heterocycles. The van der Waals surface area contributed by atoms with E-state index >= 15 is 0 Å². The zero-order valence-electron chi connectivity index (χ0n) is 9.05. The van der Waals surface area contributed by atoms with Crippen LogP contribution in [0.1, 0.15) is 32.2 Å². The maximum Gasteiger partial charge on any atom is 0.228 e. The summed E-state index contributed by atoms with van der Waals surface area (Å²) >= 11 is 0. The van der Waals surface area contributed by atoms with Gasteiger partial charge < -0.3 is 9.73 Å². The molecule has 0 saturated carbocycles. The Morgan fingerprint density at radius 3 is 2.64 bits per heavy atom. The highest BCUT2D eigenvalue weighted by atomic mass is 16.3. The van der Waals surface area contributed by atoms with Crippen LogP contribution in [0, 0.1) is 6.92 Å². The summed E-state index contributed by atoms with van der Waals surface area (Å²) < 4.78 is 5.08. The van der Waals surface area contributed by atoms with Gasteiger partial charge in [-0.2, -0.15) is 0 Å². The predicted octanol–water partition coefficient (Wildman–Crippen LogP) is 1.44. The quantitative estimate of drug-likeness (QED) is 0.778. The highest BCUT2D eigenvalue weighted by molar-refractivity contribution is 5.78. The average molecular weight is 196 g/mol. The second-order valence-electron chi connectivity index (χ2n) is 4.34. The number of nitrogens with one attached hydrogen (secondary N) is 1. The largest absolute Gasteiger partial charge is 0.448 e. The molecule has 0 atom stereocenters. The predicted molar refractivity (Wildman–Crippen MR) is 52.8 cm³/mol. The highest BCUT2D eigenvalue weighted by Crippen LogP contribution is 2.07. The molecule has 1 aromatic rings. The third kappa shape index (κ3) is 3.20. The van der Waals surface area contributed by atoms with Gasteiger partial charge in [0.15, 0.2) is 6.39 Å². The van der Waals surface area contributed by atoms with Crippen LogP contribution in [-0.2, 0) is 11.2 Å². The Labute approximate surface area is 83.7 Å². The molecule has 1 rings (SSSR count). The Bertz CT molecular complexity index is 323. The molecule has 78 valence electrons. The number of amides is 1. The van der Waals surface area contributed by atoms with Crippen molar-refractivity contribution in [3.8, 4) is 0 Å². The first-order chi connectivity index (χ1) is 6.38. The van der Waals surface area contributed by atoms with Crippen molar-refractivity contribution in [1.29, 1.82) is 0 Å². The molecule has 1 N–H and O–H groups in total. The number of carbonyl (C=O) groups excluding carboxylic acids is 1. The Balaban J connectivity index is 2.54. The van der Waals surface area contributed by atoms with Gasteiger partial charge in [0.1, 0.15) is 5.76 Å². The molecule has 14 heavy (non-hydrogen) atoms. The fraction of sp³-hybridized carbons (Fsp3) is 0.600. The number of aryl methyl sites for hydroxylation is 1. The summed E-state index contributed by atoms with van der Waals surface area (Å²) in [6.07, 6.45) is 1.61. The smallest absolute Gasteiger partial charge is 0.228 e.